The maximum atomic E-state index is 13.0. The number of nitrogens with zero attached hydrogens (tertiary/aromatic N) is 3. The zero-order chi connectivity index (χ0) is 16.9. The molecule has 0 fully saturated rings. The molecule has 1 aliphatic rings. The number of nitro groups is 1. The van der Waals surface area contributed by atoms with Gasteiger partial charge in [-0.2, -0.15) is 18.3 Å². The number of hydrazone groups is 1. The second-order valence-electron chi connectivity index (χ2n) is 5.00. The summed E-state index contributed by atoms with van der Waals surface area (Å²) in [7, 11) is 0. The molecular weight excluding hydrogens is 313 g/mol. The minimum Gasteiger partial charge on any atom is -0.271 e. The highest BCUT2D eigenvalue weighted by Crippen LogP contribution is 2.34. The van der Waals surface area contributed by atoms with Gasteiger partial charge in [-0.3, -0.25) is 20.5 Å². The molecule has 0 atom stereocenters. The van der Waals surface area contributed by atoms with E-state index in [-0.39, 0.29) is 0 Å². The van der Waals surface area contributed by atoms with E-state index in [9.17, 15) is 23.3 Å². The molecule has 23 heavy (non-hydrogen) atoms. The summed E-state index contributed by atoms with van der Waals surface area (Å²) in [6.45, 7) is 0.636. The van der Waals surface area contributed by atoms with E-state index >= 15 is 0 Å². The van der Waals surface area contributed by atoms with E-state index in [1.165, 1.54) is 0 Å². The Balaban J connectivity index is 2.28. The molecule has 1 aromatic rings. The number of aliphatic imine (C=N–C) groups is 1. The molecule has 124 valence electrons. The lowest BCUT2D eigenvalue weighted by molar-refractivity contribution is -0.385. The van der Waals surface area contributed by atoms with Crippen molar-refractivity contribution in [2.45, 2.75) is 31.9 Å². The van der Waals surface area contributed by atoms with Gasteiger partial charge >= 0.3 is 6.18 Å². The Morgan fingerprint density at radius 2 is 2.09 bits per heavy atom. The van der Waals surface area contributed by atoms with Gasteiger partial charge in [-0.05, 0) is 18.9 Å². The summed E-state index contributed by atoms with van der Waals surface area (Å²) < 4.78 is 39.0. The summed E-state index contributed by atoms with van der Waals surface area (Å²) in [5.74, 6) is 0.575. The molecule has 2 rings (SSSR count). The Kier molecular flexibility index (Phi) is 5.30. The lowest BCUT2D eigenvalue weighted by atomic mass is 10.1. The number of alkyl halides is 3. The lowest BCUT2D eigenvalue weighted by Gasteiger charge is -2.10. The summed E-state index contributed by atoms with van der Waals surface area (Å²) in [6.07, 6.45) is -0.319. The van der Waals surface area contributed by atoms with Crippen LogP contribution in [0.1, 0.15) is 36.8 Å². The van der Waals surface area contributed by atoms with Crippen molar-refractivity contribution < 1.29 is 18.1 Å². The minimum atomic E-state index is -4.70. The molecule has 6 nitrogen and oxygen atoms in total. The second kappa shape index (κ2) is 7.21. The highest BCUT2D eigenvalue weighted by atomic mass is 19.4. The van der Waals surface area contributed by atoms with E-state index in [0.29, 0.717) is 18.8 Å². The lowest BCUT2D eigenvalue weighted by Crippen LogP contribution is -2.18. The van der Waals surface area contributed by atoms with Gasteiger partial charge < -0.3 is 0 Å². The topological polar surface area (TPSA) is 79.9 Å². The van der Waals surface area contributed by atoms with Crippen LogP contribution in [0.3, 0.4) is 0 Å². The molecule has 1 N–H and O–H groups in total. The number of rotatable bonds is 3. The second-order valence-corrected chi connectivity index (χ2v) is 5.00. The first-order valence-corrected chi connectivity index (χ1v) is 7.06. The van der Waals surface area contributed by atoms with Crippen molar-refractivity contribution in [1.82, 2.24) is 5.43 Å². The smallest absolute Gasteiger partial charge is 0.271 e. The fourth-order valence-electron chi connectivity index (χ4n) is 2.23. The van der Waals surface area contributed by atoms with Gasteiger partial charge in [-0.1, -0.05) is 12.5 Å². The zero-order valence-corrected chi connectivity index (χ0v) is 12.1. The first kappa shape index (κ1) is 16.9. The predicted octanol–water partition coefficient (Wildman–Crippen LogP) is 3.51. The van der Waals surface area contributed by atoms with E-state index in [1.54, 1.807) is 0 Å². The average molecular weight is 328 g/mol. The van der Waals surface area contributed by atoms with Crippen molar-refractivity contribution in [2.24, 2.45) is 10.1 Å². The number of nitro benzene ring substituents is 1. The molecule has 0 amide bonds. The monoisotopic (exact) mass is 328 g/mol. The fraction of sp³-hybridized carbons (Fsp3) is 0.429. The molecule has 0 saturated carbocycles. The normalized spacial score (nSPS) is 16.0. The Bertz CT molecular complexity index is 641. The van der Waals surface area contributed by atoms with Crippen LogP contribution in [0.2, 0.25) is 0 Å². The van der Waals surface area contributed by atoms with E-state index in [0.717, 1.165) is 43.7 Å². The van der Waals surface area contributed by atoms with Crippen LogP contribution in [0.25, 0.3) is 0 Å². The van der Waals surface area contributed by atoms with Gasteiger partial charge in [-0.25, -0.2) is 0 Å². The van der Waals surface area contributed by atoms with Crippen LogP contribution in [-0.2, 0) is 6.18 Å². The van der Waals surface area contributed by atoms with Crippen LogP contribution in [0.15, 0.2) is 28.3 Å². The first-order chi connectivity index (χ1) is 10.9. The number of benzene rings is 1. The zero-order valence-electron chi connectivity index (χ0n) is 12.1. The van der Waals surface area contributed by atoms with Crippen LogP contribution >= 0.6 is 0 Å². The average Bonchev–Trinajstić information content (AvgIpc) is 2.75. The number of hydrogen-bond acceptors (Lipinski definition) is 5. The quantitative estimate of drug-likeness (QED) is 0.524. The highest BCUT2D eigenvalue weighted by molar-refractivity contribution is 5.89. The standard InChI is InChI=1S/C14H15F3N4O2/c15-14(16,17)11-5-4-6-12(21(22)23)10(11)9-19-20-13-7-2-1-3-8-18-13/h4-6,9H,1-3,7-8H2,(H,18,20). The highest BCUT2D eigenvalue weighted by Gasteiger charge is 2.36. The van der Waals surface area contributed by atoms with E-state index in [4.69, 9.17) is 0 Å². The van der Waals surface area contributed by atoms with Crippen molar-refractivity contribution in [2.75, 3.05) is 6.54 Å². The van der Waals surface area contributed by atoms with E-state index in [1.807, 2.05) is 0 Å². The largest absolute Gasteiger partial charge is 0.417 e. The maximum Gasteiger partial charge on any atom is 0.417 e. The summed E-state index contributed by atoms with van der Waals surface area (Å²) in [5, 5.41) is 14.7. The maximum absolute atomic E-state index is 13.0. The molecular formula is C14H15F3N4O2. The summed E-state index contributed by atoms with van der Waals surface area (Å²) in [6, 6.07) is 2.80. The molecule has 0 saturated heterocycles. The van der Waals surface area contributed by atoms with E-state index < -0.39 is 27.9 Å². The minimum absolute atomic E-state index is 0.575. The van der Waals surface area contributed by atoms with Gasteiger partial charge in [0, 0.05) is 19.0 Å². The molecule has 0 spiro atoms. The van der Waals surface area contributed by atoms with Crippen molar-refractivity contribution in [1.29, 1.82) is 0 Å². The molecule has 1 aliphatic heterocycles. The van der Waals surface area contributed by atoms with Crippen molar-refractivity contribution in [3.8, 4) is 0 Å². The molecule has 1 aromatic carbocycles. The molecule has 0 bridgehead atoms. The summed E-state index contributed by atoms with van der Waals surface area (Å²) in [4.78, 5) is 14.3. The Hall–Kier alpha value is -2.45. The number of amidine groups is 1. The van der Waals surface area contributed by atoms with Crippen LogP contribution in [0, 0.1) is 10.1 Å². The van der Waals surface area contributed by atoms with Crippen molar-refractivity contribution in [3.63, 3.8) is 0 Å². The van der Waals surface area contributed by atoms with Crippen LogP contribution < -0.4 is 5.43 Å². The summed E-state index contributed by atoms with van der Waals surface area (Å²) >= 11 is 0. The van der Waals surface area contributed by atoms with Gasteiger partial charge in [-0.15, -0.1) is 0 Å². The van der Waals surface area contributed by atoms with Gasteiger partial charge in [0.05, 0.1) is 22.3 Å². The van der Waals surface area contributed by atoms with E-state index in [2.05, 4.69) is 15.5 Å². The molecule has 0 radical (unpaired) electrons. The molecule has 0 aromatic heterocycles. The molecule has 0 unspecified atom stereocenters. The van der Waals surface area contributed by atoms with Gasteiger partial charge in [0.25, 0.3) is 5.69 Å². The first-order valence-electron chi connectivity index (χ1n) is 7.06. The third-order valence-electron chi connectivity index (χ3n) is 3.35. The Labute approximate surface area is 130 Å². The Morgan fingerprint density at radius 3 is 2.78 bits per heavy atom. The molecule has 0 aliphatic carbocycles. The fourth-order valence-corrected chi connectivity index (χ4v) is 2.23. The molecule has 1 heterocycles. The van der Waals surface area contributed by atoms with Crippen molar-refractivity contribution >= 4 is 17.7 Å². The van der Waals surface area contributed by atoms with Crippen LogP contribution in [-0.4, -0.2) is 23.5 Å². The van der Waals surface area contributed by atoms with Crippen LogP contribution in [0.4, 0.5) is 18.9 Å². The van der Waals surface area contributed by atoms with Gasteiger partial charge in [0.1, 0.15) is 5.84 Å². The Morgan fingerprint density at radius 1 is 1.30 bits per heavy atom. The van der Waals surface area contributed by atoms with Gasteiger partial charge in [0.2, 0.25) is 0 Å². The number of hydrogen-bond donors (Lipinski definition) is 1. The number of nitrogens with one attached hydrogen (secondary N) is 1. The molecule has 9 heteroatoms. The predicted molar refractivity (Wildman–Crippen MR) is 79.6 cm³/mol. The van der Waals surface area contributed by atoms with Gasteiger partial charge in [0.15, 0.2) is 0 Å². The van der Waals surface area contributed by atoms with Crippen molar-refractivity contribution in [3.05, 3.63) is 39.4 Å². The number of halogens is 3. The summed E-state index contributed by atoms with van der Waals surface area (Å²) in [5.41, 5.74) is 0.265. The SMILES string of the molecule is O=[N+]([O-])c1cccc(C(F)(F)F)c1C=NNC1=NCCCCC1. The third kappa shape index (κ3) is 4.51. The third-order valence-corrected chi connectivity index (χ3v) is 3.35. The van der Waals surface area contributed by atoms with Crippen LogP contribution in [0.5, 0.6) is 0 Å².